The number of carbonyl (C=O) groups is 1. The topological polar surface area (TPSA) is 32.7 Å². The summed E-state index contributed by atoms with van der Waals surface area (Å²) in [6, 6.07) is 9.40. The van der Waals surface area contributed by atoms with E-state index in [-0.39, 0.29) is 11.8 Å². The number of para-hydroxylation sites is 1. The van der Waals surface area contributed by atoms with E-state index in [1.165, 1.54) is 4.90 Å². The molecule has 0 spiro atoms. The molecule has 0 fully saturated rings. The summed E-state index contributed by atoms with van der Waals surface area (Å²) in [5.41, 5.74) is 2.50. The second-order valence-electron chi connectivity index (χ2n) is 4.53. The third-order valence-electron chi connectivity index (χ3n) is 3.27. The van der Waals surface area contributed by atoms with Gasteiger partial charge in [0.2, 0.25) is 11.0 Å². The monoisotopic (exact) mass is 268 g/mol. The van der Waals surface area contributed by atoms with E-state index in [0.717, 1.165) is 17.0 Å². The average molecular weight is 268 g/mol. The predicted molar refractivity (Wildman–Crippen MR) is 80.3 cm³/mol. The van der Waals surface area contributed by atoms with Crippen LogP contribution >= 0.6 is 12.2 Å². The maximum absolute atomic E-state index is 12.7. The molecular weight excluding hydrogens is 256 g/mol. The highest BCUT2D eigenvalue weighted by Gasteiger charge is 2.37. The number of benzene rings is 1. The lowest BCUT2D eigenvalue weighted by Gasteiger charge is -2.32. The van der Waals surface area contributed by atoms with Crippen molar-refractivity contribution >= 4 is 34.6 Å². The summed E-state index contributed by atoms with van der Waals surface area (Å²) in [5, 5.41) is 0.307. The van der Waals surface area contributed by atoms with Crippen molar-refractivity contribution in [3.05, 3.63) is 54.1 Å². The molecule has 1 aliphatic carbocycles. The first-order valence-corrected chi connectivity index (χ1v) is 6.46. The van der Waals surface area contributed by atoms with Gasteiger partial charge in [-0.05, 0) is 37.4 Å². The van der Waals surface area contributed by atoms with Crippen molar-refractivity contribution in [2.24, 2.45) is 10.9 Å². The quantitative estimate of drug-likeness (QED) is 0.734. The molecule has 94 valence electrons. The third kappa shape index (κ3) is 1.94. The molecule has 1 aromatic carbocycles. The number of allylic oxidation sites excluding steroid dienone is 3. The number of amides is 1. The Bertz CT molecular complexity index is 643. The normalized spacial score (nSPS) is 21.9. The second-order valence-corrected chi connectivity index (χ2v) is 4.90. The van der Waals surface area contributed by atoms with Crippen LogP contribution in [-0.4, -0.2) is 16.7 Å². The fraction of sp³-hybridized carbons (Fsp3) is 0.133. The molecule has 2 aliphatic rings. The van der Waals surface area contributed by atoms with E-state index in [4.69, 9.17) is 12.2 Å². The number of fused-ring (bicyclic) bond motifs is 1. The minimum atomic E-state index is -0.308. The molecule has 19 heavy (non-hydrogen) atoms. The number of aliphatic imine (C=N–C) groups is 1. The molecule has 1 aromatic rings. The Morgan fingerprint density at radius 3 is 2.74 bits per heavy atom. The molecule has 3 nitrogen and oxygen atoms in total. The highest BCUT2D eigenvalue weighted by Crippen LogP contribution is 2.28. The Morgan fingerprint density at radius 2 is 2.00 bits per heavy atom. The van der Waals surface area contributed by atoms with E-state index < -0.39 is 0 Å². The first kappa shape index (κ1) is 12.0. The van der Waals surface area contributed by atoms with Crippen LogP contribution in [0.15, 0.2) is 59.1 Å². The number of rotatable bonds is 1. The van der Waals surface area contributed by atoms with E-state index in [0.29, 0.717) is 5.11 Å². The van der Waals surface area contributed by atoms with Crippen LogP contribution in [0.2, 0.25) is 0 Å². The van der Waals surface area contributed by atoms with Crippen LogP contribution < -0.4 is 4.90 Å². The summed E-state index contributed by atoms with van der Waals surface area (Å²) >= 11 is 5.26. The van der Waals surface area contributed by atoms with E-state index in [1.807, 2.05) is 55.5 Å². The minimum absolute atomic E-state index is 0.0284. The van der Waals surface area contributed by atoms with Gasteiger partial charge in [-0.3, -0.25) is 9.69 Å². The maximum atomic E-state index is 12.7. The van der Waals surface area contributed by atoms with E-state index >= 15 is 0 Å². The second kappa shape index (κ2) is 4.55. The van der Waals surface area contributed by atoms with Crippen LogP contribution in [0, 0.1) is 5.92 Å². The number of nitrogens with zero attached hydrogens (tertiary/aromatic N) is 2. The fourth-order valence-electron chi connectivity index (χ4n) is 2.35. The Morgan fingerprint density at radius 1 is 1.26 bits per heavy atom. The van der Waals surface area contributed by atoms with Crippen LogP contribution in [-0.2, 0) is 4.79 Å². The molecule has 0 radical (unpaired) electrons. The van der Waals surface area contributed by atoms with E-state index in [1.54, 1.807) is 0 Å². The molecule has 0 saturated heterocycles. The minimum Gasteiger partial charge on any atom is -0.273 e. The summed E-state index contributed by atoms with van der Waals surface area (Å²) in [7, 11) is 0. The van der Waals surface area contributed by atoms with Gasteiger partial charge in [0.1, 0.15) is 5.92 Å². The van der Waals surface area contributed by atoms with Crippen molar-refractivity contribution in [3.63, 3.8) is 0 Å². The molecule has 1 amide bonds. The van der Waals surface area contributed by atoms with Crippen LogP contribution in [0.1, 0.15) is 6.92 Å². The maximum Gasteiger partial charge on any atom is 0.246 e. The number of hydrogen-bond donors (Lipinski definition) is 0. The Labute approximate surface area is 117 Å². The van der Waals surface area contributed by atoms with Crippen LogP contribution in [0.25, 0.3) is 0 Å². The van der Waals surface area contributed by atoms with Gasteiger partial charge in [-0.25, -0.2) is 4.99 Å². The number of hydrogen-bond acceptors (Lipinski definition) is 2. The van der Waals surface area contributed by atoms with Crippen LogP contribution in [0.4, 0.5) is 5.69 Å². The lowest BCUT2D eigenvalue weighted by Crippen LogP contribution is -2.47. The molecule has 0 N–H and O–H groups in total. The highest BCUT2D eigenvalue weighted by molar-refractivity contribution is 7.80. The summed E-state index contributed by atoms with van der Waals surface area (Å²) < 4.78 is 0. The van der Waals surface area contributed by atoms with Crippen LogP contribution in [0.5, 0.6) is 0 Å². The molecule has 1 unspecified atom stereocenters. The largest absolute Gasteiger partial charge is 0.273 e. The van der Waals surface area contributed by atoms with E-state index in [2.05, 4.69) is 4.99 Å². The Balaban J connectivity index is 2.08. The number of anilines is 1. The van der Waals surface area contributed by atoms with Crippen LogP contribution in [0.3, 0.4) is 0 Å². The molecule has 0 saturated carbocycles. The van der Waals surface area contributed by atoms with Gasteiger partial charge in [0.25, 0.3) is 0 Å². The van der Waals surface area contributed by atoms with Gasteiger partial charge in [-0.2, -0.15) is 0 Å². The van der Waals surface area contributed by atoms with Crippen molar-refractivity contribution < 1.29 is 4.79 Å². The fourth-order valence-corrected chi connectivity index (χ4v) is 2.65. The van der Waals surface area contributed by atoms with Crippen molar-refractivity contribution in [2.75, 3.05) is 4.90 Å². The summed E-state index contributed by atoms with van der Waals surface area (Å²) in [4.78, 5) is 18.6. The molecule has 1 heterocycles. The highest BCUT2D eigenvalue weighted by atomic mass is 32.1. The Kier molecular flexibility index (Phi) is 2.87. The Hall–Kier alpha value is -2.07. The van der Waals surface area contributed by atoms with Gasteiger partial charge in [-0.1, -0.05) is 35.9 Å². The first-order valence-electron chi connectivity index (χ1n) is 6.05. The lowest BCUT2D eigenvalue weighted by atomic mass is 9.88. The van der Waals surface area contributed by atoms with Gasteiger partial charge in [0.05, 0.1) is 11.4 Å². The zero-order chi connectivity index (χ0) is 13.4. The molecule has 0 aromatic heterocycles. The smallest absolute Gasteiger partial charge is 0.246 e. The van der Waals surface area contributed by atoms with Crippen molar-refractivity contribution in [2.45, 2.75) is 6.92 Å². The molecule has 0 bridgehead atoms. The van der Waals surface area contributed by atoms with Crippen molar-refractivity contribution in [1.82, 2.24) is 0 Å². The molecule has 1 atom stereocenters. The van der Waals surface area contributed by atoms with Gasteiger partial charge in [0, 0.05) is 0 Å². The third-order valence-corrected chi connectivity index (χ3v) is 3.55. The number of carbonyl (C=O) groups excluding carboxylic acids is 1. The summed E-state index contributed by atoms with van der Waals surface area (Å²) in [6.45, 7) is 1.94. The molecule has 4 heteroatoms. The molecular formula is C15H12N2OS. The average Bonchev–Trinajstić information content (AvgIpc) is 2.39. The standard InChI is InChI=1S/C15H12N2OS/c1-10-6-5-9-12-13(10)14(18)17(15(19)16-12)11-7-3-2-4-8-11/h2-9,13H,1H3. The SMILES string of the molecule is CC1=CC=CC2=NC(=S)N(c3ccccc3)C(=O)C12. The van der Waals surface area contributed by atoms with E-state index in [9.17, 15) is 4.79 Å². The summed E-state index contributed by atoms with van der Waals surface area (Å²) in [6.07, 6.45) is 5.70. The molecule has 1 aliphatic heterocycles. The predicted octanol–water partition coefficient (Wildman–Crippen LogP) is 2.89. The van der Waals surface area contributed by atoms with Crippen molar-refractivity contribution in [3.8, 4) is 0 Å². The molecule has 3 rings (SSSR count). The van der Waals surface area contributed by atoms with Gasteiger partial charge in [-0.15, -0.1) is 0 Å². The zero-order valence-corrected chi connectivity index (χ0v) is 11.2. The van der Waals surface area contributed by atoms with Crippen molar-refractivity contribution in [1.29, 1.82) is 0 Å². The van der Waals surface area contributed by atoms with Gasteiger partial charge < -0.3 is 0 Å². The first-order chi connectivity index (χ1) is 9.18. The lowest BCUT2D eigenvalue weighted by molar-refractivity contribution is -0.118. The van der Waals surface area contributed by atoms with Gasteiger partial charge >= 0.3 is 0 Å². The zero-order valence-electron chi connectivity index (χ0n) is 10.4. The summed E-state index contributed by atoms with van der Waals surface area (Å²) in [5.74, 6) is -0.337. The number of thiocarbonyl (C=S) groups is 1. The van der Waals surface area contributed by atoms with Gasteiger partial charge in [0.15, 0.2) is 0 Å².